The standard InChI is InChI=1S/C38H45F2N5O6/c1-48-36-31-34(32(40)33(41-36)27-18-25(46)17-24-5-2-6-28(39)30(24)27)42-37(43-35(31)45-13-16-50-21-26(47)20-45)51-22-38-10-3-7-29(38)44(12-4-11-38)19-23-8-14-49-15-9-23/h2,5-6,17-18,23,26,29,46-47H,3-4,7-16,19-22H2,1H3. The minimum atomic E-state index is -0.835. The molecule has 51 heavy (non-hydrogen) atoms. The van der Waals surface area contributed by atoms with Crippen LogP contribution in [0, 0.1) is 23.0 Å². The summed E-state index contributed by atoms with van der Waals surface area (Å²) >= 11 is 0. The lowest BCUT2D eigenvalue weighted by Crippen LogP contribution is -2.53. The van der Waals surface area contributed by atoms with Gasteiger partial charge in [-0.15, -0.1) is 0 Å². The lowest BCUT2D eigenvalue weighted by Gasteiger charge is -2.47. The first-order valence-corrected chi connectivity index (χ1v) is 18.2. The van der Waals surface area contributed by atoms with Gasteiger partial charge in [0.25, 0.3) is 0 Å². The SMILES string of the molecule is COc1nc(-c2cc(O)cc3cccc(F)c23)c(F)c2nc(OCC34CCCC3N(CC3CCOCC3)CCC4)nc(N3CCOCC(O)C3)c12. The summed E-state index contributed by atoms with van der Waals surface area (Å²) in [4.78, 5) is 18.5. The van der Waals surface area contributed by atoms with E-state index < -0.39 is 17.7 Å². The average molecular weight is 706 g/mol. The monoisotopic (exact) mass is 705 g/mol. The molecule has 3 atom stereocenters. The predicted octanol–water partition coefficient (Wildman–Crippen LogP) is 5.48. The fourth-order valence-corrected chi connectivity index (χ4v) is 8.96. The number of likely N-dealkylation sites (tertiary alicyclic amines) is 1. The van der Waals surface area contributed by atoms with Crippen LogP contribution in [0.3, 0.4) is 0 Å². The molecule has 2 aromatic heterocycles. The van der Waals surface area contributed by atoms with Crippen LogP contribution in [0.2, 0.25) is 0 Å². The zero-order valence-corrected chi connectivity index (χ0v) is 29.0. The molecule has 11 nitrogen and oxygen atoms in total. The number of aliphatic hydroxyl groups is 1. The number of hydrogen-bond acceptors (Lipinski definition) is 11. The minimum absolute atomic E-state index is 0.00350. The Hall–Kier alpha value is -3.91. The number of aromatic hydroxyl groups is 1. The van der Waals surface area contributed by atoms with E-state index in [1.165, 1.54) is 31.4 Å². The Bertz CT molecular complexity index is 1910. The molecule has 1 aliphatic carbocycles. The number of anilines is 1. The topological polar surface area (TPSA) is 123 Å². The second-order valence-electron chi connectivity index (χ2n) is 14.6. The van der Waals surface area contributed by atoms with Crippen LogP contribution in [-0.2, 0) is 9.47 Å². The lowest BCUT2D eigenvalue weighted by atomic mass is 9.75. The molecule has 0 amide bonds. The van der Waals surface area contributed by atoms with E-state index in [0.29, 0.717) is 42.9 Å². The molecule has 5 heterocycles. The highest BCUT2D eigenvalue weighted by molar-refractivity contribution is 6.02. The van der Waals surface area contributed by atoms with Gasteiger partial charge in [-0.05, 0) is 74.6 Å². The first-order valence-electron chi connectivity index (χ1n) is 18.2. The van der Waals surface area contributed by atoms with Gasteiger partial charge in [0, 0.05) is 55.3 Å². The second-order valence-corrected chi connectivity index (χ2v) is 14.6. The molecule has 3 aliphatic heterocycles. The first-order chi connectivity index (χ1) is 24.8. The fourth-order valence-electron chi connectivity index (χ4n) is 8.96. The highest BCUT2D eigenvalue weighted by Gasteiger charge is 2.49. The summed E-state index contributed by atoms with van der Waals surface area (Å²) in [6.45, 7) is 5.19. The summed E-state index contributed by atoms with van der Waals surface area (Å²) in [7, 11) is 1.41. The van der Waals surface area contributed by atoms with Crippen molar-refractivity contribution in [3.05, 3.63) is 42.0 Å². The number of phenolic OH excluding ortho intramolecular Hbond substituents is 1. The maximum atomic E-state index is 17.1. The van der Waals surface area contributed by atoms with Crippen molar-refractivity contribution in [3.8, 4) is 28.9 Å². The number of aromatic nitrogens is 3. The Morgan fingerprint density at radius 3 is 2.67 bits per heavy atom. The van der Waals surface area contributed by atoms with Gasteiger partial charge in [0.05, 0.1) is 33.0 Å². The van der Waals surface area contributed by atoms with Gasteiger partial charge < -0.3 is 34.1 Å². The summed E-state index contributed by atoms with van der Waals surface area (Å²) in [5.74, 6) is -0.644. The summed E-state index contributed by atoms with van der Waals surface area (Å²) in [5.41, 5.74) is -0.367. The van der Waals surface area contributed by atoms with Gasteiger partial charge in [0.1, 0.15) is 34.0 Å². The highest BCUT2D eigenvalue weighted by Crippen LogP contribution is 2.49. The van der Waals surface area contributed by atoms with Crippen LogP contribution in [0.1, 0.15) is 44.9 Å². The molecule has 0 radical (unpaired) electrons. The molecule has 3 unspecified atom stereocenters. The van der Waals surface area contributed by atoms with Gasteiger partial charge in [0.2, 0.25) is 5.88 Å². The highest BCUT2D eigenvalue weighted by atomic mass is 19.1. The van der Waals surface area contributed by atoms with E-state index in [-0.39, 0.29) is 63.8 Å². The number of methoxy groups -OCH3 is 1. The van der Waals surface area contributed by atoms with Crippen molar-refractivity contribution in [1.29, 1.82) is 0 Å². The van der Waals surface area contributed by atoms with Crippen LogP contribution >= 0.6 is 0 Å². The Labute approximate surface area is 295 Å². The third-order valence-corrected chi connectivity index (χ3v) is 11.4. The lowest BCUT2D eigenvalue weighted by molar-refractivity contribution is -0.0203. The first kappa shape index (κ1) is 34.2. The fraction of sp³-hybridized carbons (Fsp3) is 0.553. The number of aliphatic hydroxyl groups excluding tert-OH is 1. The number of ether oxygens (including phenoxy) is 4. The van der Waals surface area contributed by atoms with Gasteiger partial charge >= 0.3 is 6.01 Å². The molecule has 1 saturated carbocycles. The molecule has 4 aromatic rings. The number of rotatable bonds is 8. The molecular formula is C38H45F2N5O6. The van der Waals surface area contributed by atoms with Gasteiger partial charge in [-0.25, -0.2) is 13.8 Å². The van der Waals surface area contributed by atoms with Crippen LogP contribution < -0.4 is 14.4 Å². The van der Waals surface area contributed by atoms with E-state index in [1.807, 2.05) is 4.90 Å². The summed E-state index contributed by atoms with van der Waals surface area (Å²) in [6, 6.07) is 7.55. The zero-order chi connectivity index (χ0) is 35.1. The molecule has 13 heteroatoms. The van der Waals surface area contributed by atoms with Crippen molar-refractivity contribution in [1.82, 2.24) is 19.9 Å². The van der Waals surface area contributed by atoms with Crippen LogP contribution in [0.25, 0.3) is 32.9 Å². The average Bonchev–Trinajstić information content (AvgIpc) is 3.45. The number of phenols is 1. The maximum absolute atomic E-state index is 17.1. The quantitative estimate of drug-likeness (QED) is 0.243. The molecule has 3 saturated heterocycles. The molecule has 0 bridgehead atoms. The third kappa shape index (κ3) is 6.54. The van der Waals surface area contributed by atoms with Crippen molar-refractivity contribution in [2.45, 2.75) is 57.1 Å². The van der Waals surface area contributed by atoms with Crippen LogP contribution in [0.15, 0.2) is 30.3 Å². The number of piperidine rings is 1. The van der Waals surface area contributed by atoms with E-state index in [0.717, 1.165) is 71.2 Å². The van der Waals surface area contributed by atoms with E-state index in [4.69, 9.17) is 23.9 Å². The number of β-amino-alcohol motifs (C(OH)–C–C–N with tert-alkyl or cyclic N) is 1. The smallest absolute Gasteiger partial charge is 0.319 e. The van der Waals surface area contributed by atoms with Gasteiger partial charge in [-0.2, -0.15) is 9.97 Å². The van der Waals surface area contributed by atoms with E-state index in [1.54, 1.807) is 6.07 Å². The van der Waals surface area contributed by atoms with Crippen LogP contribution in [-0.4, -0.2) is 109 Å². The molecule has 8 rings (SSSR count). The number of benzene rings is 2. The Kier molecular flexibility index (Phi) is 9.55. The largest absolute Gasteiger partial charge is 0.508 e. The predicted molar refractivity (Wildman–Crippen MR) is 187 cm³/mol. The number of hydrogen-bond donors (Lipinski definition) is 2. The number of nitrogens with zero attached hydrogens (tertiary/aromatic N) is 5. The maximum Gasteiger partial charge on any atom is 0.319 e. The molecule has 4 fully saturated rings. The normalized spacial score (nSPS) is 24.9. The van der Waals surface area contributed by atoms with Crippen molar-refractivity contribution in [2.24, 2.45) is 11.3 Å². The number of halogens is 2. The van der Waals surface area contributed by atoms with E-state index in [2.05, 4.69) is 14.9 Å². The van der Waals surface area contributed by atoms with Crippen LogP contribution in [0.5, 0.6) is 17.6 Å². The second kappa shape index (κ2) is 14.3. The minimum Gasteiger partial charge on any atom is -0.508 e. The van der Waals surface area contributed by atoms with E-state index >= 15 is 8.78 Å². The number of pyridine rings is 1. The van der Waals surface area contributed by atoms with Gasteiger partial charge in [-0.1, -0.05) is 18.6 Å². The molecule has 2 aromatic carbocycles. The van der Waals surface area contributed by atoms with Crippen molar-refractivity contribution < 1.29 is 37.9 Å². The summed E-state index contributed by atoms with van der Waals surface area (Å²) < 4.78 is 55.9. The van der Waals surface area contributed by atoms with Crippen molar-refractivity contribution in [2.75, 3.05) is 71.2 Å². The van der Waals surface area contributed by atoms with Gasteiger partial charge in [-0.3, -0.25) is 4.90 Å². The third-order valence-electron chi connectivity index (χ3n) is 11.4. The van der Waals surface area contributed by atoms with Crippen molar-refractivity contribution >= 4 is 27.5 Å². The summed E-state index contributed by atoms with van der Waals surface area (Å²) in [5, 5.41) is 21.9. The molecule has 0 spiro atoms. The van der Waals surface area contributed by atoms with E-state index in [9.17, 15) is 10.2 Å². The Morgan fingerprint density at radius 1 is 0.980 bits per heavy atom. The molecule has 2 N–H and O–H groups in total. The van der Waals surface area contributed by atoms with Crippen molar-refractivity contribution in [3.63, 3.8) is 0 Å². The molecular weight excluding hydrogens is 660 g/mol. The Balaban J connectivity index is 1.21. The molecule has 272 valence electrons. The summed E-state index contributed by atoms with van der Waals surface area (Å²) in [6.07, 6.45) is 6.73. The zero-order valence-electron chi connectivity index (χ0n) is 29.0. The van der Waals surface area contributed by atoms with Gasteiger partial charge in [0.15, 0.2) is 5.82 Å². The number of fused-ring (bicyclic) bond motifs is 3. The molecule has 4 aliphatic rings. The Morgan fingerprint density at radius 2 is 1.82 bits per heavy atom. The van der Waals surface area contributed by atoms with Crippen LogP contribution in [0.4, 0.5) is 14.6 Å².